The molecule has 12 heavy (non-hydrogen) atoms. The molecule has 0 spiro atoms. The van der Waals surface area contributed by atoms with Gasteiger partial charge in [0.2, 0.25) is 0 Å². The summed E-state index contributed by atoms with van der Waals surface area (Å²) in [5.41, 5.74) is 0. The number of hydrogen-bond acceptors (Lipinski definition) is 2. The molecule has 0 bridgehead atoms. The van der Waals surface area contributed by atoms with Crippen molar-refractivity contribution in [2.24, 2.45) is 5.92 Å². The number of rotatable bonds is 4. The maximum Gasteiger partial charge on any atom is 0.0540 e. The molecule has 0 unspecified atom stereocenters. The Balaban J connectivity index is 2.01. The van der Waals surface area contributed by atoms with Crippen LogP contribution in [0.3, 0.4) is 0 Å². The Labute approximate surface area is 74.9 Å². The summed E-state index contributed by atoms with van der Waals surface area (Å²) in [4.78, 5) is 0. The van der Waals surface area contributed by atoms with Crippen molar-refractivity contribution in [1.82, 2.24) is 0 Å². The van der Waals surface area contributed by atoms with E-state index in [1.807, 2.05) is 0 Å². The smallest absolute Gasteiger partial charge is 0.0540 e. The van der Waals surface area contributed by atoms with E-state index < -0.39 is 0 Å². The molecule has 72 valence electrons. The lowest BCUT2D eigenvalue weighted by Gasteiger charge is -2.24. The third-order valence-corrected chi connectivity index (χ3v) is 2.52. The Morgan fingerprint density at radius 1 is 1.25 bits per heavy atom. The molecule has 0 saturated heterocycles. The van der Waals surface area contributed by atoms with Crippen LogP contribution < -0.4 is 0 Å². The molecule has 0 amide bonds. The van der Waals surface area contributed by atoms with Gasteiger partial charge in [0.15, 0.2) is 0 Å². The van der Waals surface area contributed by atoms with Gasteiger partial charge < -0.3 is 9.84 Å². The van der Waals surface area contributed by atoms with E-state index in [1.54, 1.807) is 0 Å². The van der Waals surface area contributed by atoms with E-state index in [0.29, 0.717) is 5.92 Å². The van der Waals surface area contributed by atoms with E-state index >= 15 is 0 Å². The fourth-order valence-corrected chi connectivity index (χ4v) is 1.71. The molecule has 1 aliphatic rings. The Kier molecular flexibility index (Phi) is 4.62. The fourth-order valence-electron chi connectivity index (χ4n) is 1.71. The Bertz CT molecular complexity index is 106. The molecular formula is C10H20O2. The second kappa shape index (κ2) is 5.55. The highest BCUT2D eigenvalue weighted by atomic mass is 16.5. The van der Waals surface area contributed by atoms with Gasteiger partial charge in [0, 0.05) is 13.2 Å². The first-order chi connectivity index (χ1) is 5.83. The van der Waals surface area contributed by atoms with Gasteiger partial charge >= 0.3 is 0 Å². The maximum absolute atomic E-state index is 9.26. The first-order valence-corrected chi connectivity index (χ1v) is 5.08. The van der Waals surface area contributed by atoms with Gasteiger partial charge in [-0.15, -0.1) is 0 Å². The topological polar surface area (TPSA) is 29.5 Å². The minimum atomic E-state index is -0.0348. The predicted molar refractivity (Wildman–Crippen MR) is 49.1 cm³/mol. The zero-order chi connectivity index (χ0) is 8.81. The van der Waals surface area contributed by atoms with Gasteiger partial charge in [-0.2, -0.15) is 0 Å². The molecule has 0 aromatic carbocycles. The van der Waals surface area contributed by atoms with Crippen molar-refractivity contribution in [2.45, 2.75) is 45.1 Å². The molecule has 0 atom stereocenters. The van der Waals surface area contributed by atoms with Crippen molar-refractivity contribution in [3.8, 4) is 0 Å². The largest absolute Gasteiger partial charge is 0.393 e. The van der Waals surface area contributed by atoms with Crippen molar-refractivity contribution in [3.05, 3.63) is 0 Å². The lowest BCUT2D eigenvalue weighted by molar-refractivity contribution is 0.0517. The zero-order valence-electron chi connectivity index (χ0n) is 7.96. The van der Waals surface area contributed by atoms with Gasteiger partial charge in [0.25, 0.3) is 0 Å². The van der Waals surface area contributed by atoms with Crippen LogP contribution in [-0.4, -0.2) is 24.4 Å². The SMILES string of the molecule is CCCOC[C@H]1CC[C@H](O)CC1. The molecule has 2 nitrogen and oxygen atoms in total. The van der Waals surface area contributed by atoms with Crippen molar-refractivity contribution >= 4 is 0 Å². The van der Waals surface area contributed by atoms with Gasteiger partial charge in [-0.3, -0.25) is 0 Å². The van der Waals surface area contributed by atoms with E-state index in [1.165, 1.54) is 0 Å². The van der Waals surface area contributed by atoms with E-state index in [0.717, 1.165) is 45.3 Å². The minimum Gasteiger partial charge on any atom is -0.393 e. The highest BCUT2D eigenvalue weighted by Crippen LogP contribution is 2.24. The standard InChI is InChI=1S/C10H20O2/c1-2-7-12-8-9-3-5-10(11)6-4-9/h9-11H,2-8H2,1H3/t9-,10-. The predicted octanol–water partition coefficient (Wildman–Crippen LogP) is 1.96. The Hall–Kier alpha value is -0.0800. The van der Waals surface area contributed by atoms with Crippen molar-refractivity contribution in [1.29, 1.82) is 0 Å². The number of aliphatic hydroxyl groups excluding tert-OH is 1. The molecule has 0 radical (unpaired) electrons. The zero-order valence-corrected chi connectivity index (χ0v) is 7.96. The monoisotopic (exact) mass is 172 g/mol. The van der Waals surface area contributed by atoms with Crippen LogP contribution in [0, 0.1) is 5.92 Å². The normalized spacial score (nSPS) is 30.5. The number of ether oxygens (including phenoxy) is 1. The van der Waals surface area contributed by atoms with Crippen LogP contribution in [0.5, 0.6) is 0 Å². The van der Waals surface area contributed by atoms with Crippen LogP contribution in [0.25, 0.3) is 0 Å². The fraction of sp³-hybridized carbons (Fsp3) is 1.00. The molecule has 0 aromatic rings. The maximum atomic E-state index is 9.26. The van der Waals surface area contributed by atoms with E-state index in [9.17, 15) is 5.11 Å². The molecule has 0 heterocycles. The second-order valence-corrected chi connectivity index (χ2v) is 3.75. The third kappa shape index (κ3) is 3.55. The van der Waals surface area contributed by atoms with E-state index in [4.69, 9.17) is 4.74 Å². The molecule has 1 saturated carbocycles. The third-order valence-electron chi connectivity index (χ3n) is 2.52. The number of aliphatic hydroxyl groups is 1. The summed E-state index contributed by atoms with van der Waals surface area (Å²) in [7, 11) is 0. The van der Waals surface area contributed by atoms with E-state index in [2.05, 4.69) is 6.92 Å². The Morgan fingerprint density at radius 2 is 1.92 bits per heavy atom. The molecule has 1 fully saturated rings. The summed E-state index contributed by atoms with van der Waals surface area (Å²) in [5, 5.41) is 9.26. The Morgan fingerprint density at radius 3 is 2.50 bits per heavy atom. The molecule has 0 aromatic heterocycles. The molecule has 1 rings (SSSR count). The lowest BCUT2D eigenvalue weighted by atomic mass is 9.88. The van der Waals surface area contributed by atoms with Crippen molar-refractivity contribution in [2.75, 3.05) is 13.2 Å². The van der Waals surface area contributed by atoms with E-state index in [-0.39, 0.29) is 6.10 Å². The van der Waals surface area contributed by atoms with Crippen LogP contribution in [0.15, 0.2) is 0 Å². The van der Waals surface area contributed by atoms with Gasteiger partial charge in [0.05, 0.1) is 6.10 Å². The van der Waals surface area contributed by atoms with Crippen molar-refractivity contribution < 1.29 is 9.84 Å². The van der Waals surface area contributed by atoms with Crippen LogP contribution in [0.4, 0.5) is 0 Å². The van der Waals surface area contributed by atoms with Crippen LogP contribution in [0.2, 0.25) is 0 Å². The van der Waals surface area contributed by atoms with Gasteiger partial charge in [-0.25, -0.2) is 0 Å². The highest BCUT2D eigenvalue weighted by molar-refractivity contribution is 4.70. The van der Waals surface area contributed by atoms with Crippen LogP contribution >= 0.6 is 0 Å². The highest BCUT2D eigenvalue weighted by Gasteiger charge is 2.18. The minimum absolute atomic E-state index is 0.0348. The average molecular weight is 172 g/mol. The first kappa shape index (κ1) is 10.0. The van der Waals surface area contributed by atoms with Crippen molar-refractivity contribution in [3.63, 3.8) is 0 Å². The van der Waals surface area contributed by atoms with Crippen LogP contribution in [-0.2, 0) is 4.74 Å². The molecule has 2 heteroatoms. The number of hydrogen-bond donors (Lipinski definition) is 1. The summed E-state index contributed by atoms with van der Waals surface area (Å²) < 4.78 is 5.48. The summed E-state index contributed by atoms with van der Waals surface area (Å²) in [5.74, 6) is 0.708. The summed E-state index contributed by atoms with van der Waals surface area (Å²) in [6, 6.07) is 0. The molecular weight excluding hydrogens is 152 g/mol. The molecule has 1 aliphatic carbocycles. The second-order valence-electron chi connectivity index (χ2n) is 3.75. The summed E-state index contributed by atoms with van der Waals surface area (Å²) in [6.07, 6.45) is 5.30. The lowest BCUT2D eigenvalue weighted by Crippen LogP contribution is -2.21. The summed E-state index contributed by atoms with van der Waals surface area (Å²) in [6.45, 7) is 3.92. The summed E-state index contributed by atoms with van der Waals surface area (Å²) >= 11 is 0. The van der Waals surface area contributed by atoms with Gasteiger partial charge in [-0.1, -0.05) is 6.92 Å². The van der Waals surface area contributed by atoms with Crippen LogP contribution in [0.1, 0.15) is 39.0 Å². The van der Waals surface area contributed by atoms with Gasteiger partial charge in [0.1, 0.15) is 0 Å². The average Bonchev–Trinajstić information content (AvgIpc) is 2.09. The first-order valence-electron chi connectivity index (χ1n) is 5.08. The quantitative estimate of drug-likeness (QED) is 0.657. The van der Waals surface area contributed by atoms with Gasteiger partial charge in [-0.05, 0) is 38.0 Å². The molecule has 0 aliphatic heterocycles. The molecule has 1 N–H and O–H groups in total.